The third kappa shape index (κ3) is 3.13. The van der Waals surface area contributed by atoms with Crippen molar-refractivity contribution in [2.45, 2.75) is 64.0 Å². The minimum atomic E-state index is -0.0740. The summed E-state index contributed by atoms with van der Waals surface area (Å²) >= 11 is 0. The van der Waals surface area contributed by atoms with Gasteiger partial charge in [0.25, 0.3) is 5.91 Å². The first-order chi connectivity index (χ1) is 13.0. The van der Waals surface area contributed by atoms with Gasteiger partial charge in [-0.2, -0.15) is 0 Å². The number of hydrogen-bond donors (Lipinski definition) is 0. The summed E-state index contributed by atoms with van der Waals surface area (Å²) in [6, 6.07) is 9.57. The summed E-state index contributed by atoms with van der Waals surface area (Å²) in [5, 5.41) is 0.942. The molecular weight excluding hydrogens is 340 g/mol. The van der Waals surface area contributed by atoms with Gasteiger partial charge >= 0.3 is 0 Å². The second-order valence-corrected chi connectivity index (χ2v) is 8.01. The number of carbonyl (C=O) groups excluding carboxylic acids is 2. The summed E-state index contributed by atoms with van der Waals surface area (Å²) < 4.78 is 5.81. The molecule has 1 unspecified atom stereocenters. The van der Waals surface area contributed by atoms with E-state index in [4.69, 9.17) is 4.42 Å². The molecule has 1 aliphatic carbocycles. The Morgan fingerprint density at radius 2 is 1.96 bits per heavy atom. The van der Waals surface area contributed by atoms with E-state index in [1.807, 2.05) is 47.1 Å². The molecule has 0 N–H and O–H groups in total. The number of rotatable bonds is 3. The Morgan fingerprint density at radius 3 is 2.63 bits per heavy atom. The van der Waals surface area contributed by atoms with E-state index in [0.29, 0.717) is 18.8 Å². The van der Waals surface area contributed by atoms with Crippen LogP contribution in [0.1, 0.15) is 62.9 Å². The molecule has 2 aromatic rings. The van der Waals surface area contributed by atoms with E-state index in [0.717, 1.165) is 30.2 Å². The van der Waals surface area contributed by atoms with E-state index in [1.54, 1.807) is 6.92 Å². The molecule has 2 heterocycles. The van der Waals surface area contributed by atoms with Crippen LogP contribution in [0.4, 0.5) is 0 Å². The molecule has 1 saturated carbocycles. The van der Waals surface area contributed by atoms with E-state index < -0.39 is 0 Å². The Morgan fingerprint density at radius 1 is 1.22 bits per heavy atom. The molecule has 1 aromatic heterocycles. The van der Waals surface area contributed by atoms with Gasteiger partial charge in [0.2, 0.25) is 5.91 Å². The quantitative estimate of drug-likeness (QED) is 0.815. The molecule has 144 valence electrons. The van der Waals surface area contributed by atoms with Crippen molar-refractivity contribution in [1.29, 1.82) is 0 Å². The molecule has 27 heavy (non-hydrogen) atoms. The van der Waals surface area contributed by atoms with Crippen molar-refractivity contribution in [3.63, 3.8) is 0 Å². The number of likely N-dealkylation sites (tertiary alicyclic amines) is 1. The van der Waals surface area contributed by atoms with Gasteiger partial charge in [0.1, 0.15) is 5.58 Å². The lowest BCUT2D eigenvalue weighted by molar-refractivity contribution is -0.134. The fourth-order valence-corrected chi connectivity index (χ4v) is 5.17. The number of amides is 2. The molecule has 5 nitrogen and oxygen atoms in total. The van der Waals surface area contributed by atoms with Gasteiger partial charge < -0.3 is 14.2 Å². The Kier molecular flexibility index (Phi) is 4.70. The van der Waals surface area contributed by atoms with E-state index in [2.05, 4.69) is 0 Å². The molecular formula is C22H28N2O3. The van der Waals surface area contributed by atoms with Crippen LogP contribution in [0.2, 0.25) is 0 Å². The van der Waals surface area contributed by atoms with Gasteiger partial charge in [-0.05, 0) is 38.3 Å². The standard InChI is InChI=1S/C22H28N2O3/c1-3-23(21(26)20-13-17-9-5-6-10-19(17)27-20)18-14-22(11-7-4-8-12-22)24(15-18)16(2)25/h5-6,9-10,13,18H,3-4,7-8,11-12,14-15H2,1-2H3. The van der Waals surface area contributed by atoms with Gasteiger partial charge in [0.05, 0.1) is 6.04 Å². The lowest BCUT2D eigenvalue weighted by Gasteiger charge is -2.41. The average Bonchev–Trinajstić information content (AvgIpc) is 3.25. The maximum atomic E-state index is 13.2. The Balaban J connectivity index is 1.60. The molecule has 1 aromatic carbocycles. The van der Waals surface area contributed by atoms with E-state index in [-0.39, 0.29) is 23.4 Å². The molecule has 1 saturated heterocycles. The number of hydrogen-bond acceptors (Lipinski definition) is 3. The predicted molar refractivity (Wildman–Crippen MR) is 105 cm³/mol. The fraction of sp³-hybridized carbons (Fsp3) is 0.545. The van der Waals surface area contributed by atoms with Crippen molar-refractivity contribution in [1.82, 2.24) is 9.80 Å². The largest absolute Gasteiger partial charge is 0.451 e. The van der Waals surface area contributed by atoms with Crippen molar-refractivity contribution < 1.29 is 14.0 Å². The lowest BCUT2D eigenvalue weighted by atomic mass is 9.79. The van der Waals surface area contributed by atoms with Gasteiger partial charge in [-0.15, -0.1) is 0 Å². The fourth-order valence-electron chi connectivity index (χ4n) is 5.17. The van der Waals surface area contributed by atoms with Gasteiger partial charge in [-0.1, -0.05) is 37.5 Å². The zero-order valence-corrected chi connectivity index (χ0v) is 16.2. The lowest BCUT2D eigenvalue weighted by Crippen LogP contribution is -2.47. The van der Waals surface area contributed by atoms with Gasteiger partial charge in [0, 0.05) is 30.9 Å². The highest BCUT2D eigenvalue weighted by molar-refractivity contribution is 5.96. The van der Waals surface area contributed by atoms with E-state index in [9.17, 15) is 9.59 Å². The van der Waals surface area contributed by atoms with Crippen LogP contribution in [0.5, 0.6) is 0 Å². The SMILES string of the molecule is CCN(C(=O)c1cc2ccccc2o1)C1CN(C(C)=O)C2(CCCCC2)C1. The summed E-state index contributed by atoms with van der Waals surface area (Å²) in [7, 11) is 0. The molecule has 2 aliphatic rings. The highest BCUT2D eigenvalue weighted by Crippen LogP contribution is 2.43. The van der Waals surface area contributed by atoms with Crippen molar-refractivity contribution in [3.05, 3.63) is 36.1 Å². The van der Waals surface area contributed by atoms with Crippen LogP contribution in [-0.2, 0) is 4.79 Å². The van der Waals surface area contributed by atoms with Crippen molar-refractivity contribution in [2.75, 3.05) is 13.1 Å². The minimum absolute atomic E-state index is 0.0534. The molecule has 1 spiro atoms. The summed E-state index contributed by atoms with van der Waals surface area (Å²) in [5.41, 5.74) is 0.675. The van der Waals surface area contributed by atoms with Crippen LogP contribution >= 0.6 is 0 Å². The molecule has 4 rings (SSSR count). The number of likely N-dealkylation sites (N-methyl/N-ethyl adjacent to an activating group) is 1. The summed E-state index contributed by atoms with van der Waals surface area (Å²) in [4.78, 5) is 29.5. The van der Waals surface area contributed by atoms with Crippen molar-refractivity contribution >= 4 is 22.8 Å². The molecule has 2 amide bonds. The van der Waals surface area contributed by atoms with Crippen molar-refractivity contribution in [2.24, 2.45) is 0 Å². The van der Waals surface area contributed by atoms with Crippen LogP contribution in [0.25, 0.3) is 11.0 Å². The monoisotopic (exact) mass is 368 g/mol. The maximum absolute atomic E-state index is 13.2. The molecule has 0 radical (unpaired) electrons. The first-order valence-corrected chi connectivity index (χ1v) is 10.1. The Hall–Kier alpha value is -2.30. The number of benzene rings is 1. The Labute approximate surface area is 160 Å². The third-order valence-corrected chi connectivity index (χ3v) is 6.42. The van der Waals surface area contributed by atoms with Gasteiger partial charge in [-0.25, -0.2) is 0 Å². The normalized spacial score (nSPS) is 21.7. The van der Waals surface area contributed by atoms with Crippen LogP contribution in [-0.4, -0.2) is 46.3 Å². The number of nitrogens with zero attached hydrogens (tertiary/aromatic N) is 2. The van der Waals surface area contributed by atoms with Crippen LogP contribution in [0.15, 0.2) is 34.7 Å². The third-order valence-electron chi connectivity index (χ3n) is 6.42. The smallest absolute Gasteiger partial charge is 0.289 e. The zero-order chi connectivity index (χ0) is 19.0. The molecule has 5 heteroatoms. The molecule has 1 atom stereocenters. The highest BCUT2D eigenvalue weighted by atomic mass is 16.3. The van der Waals surface area contributed by atoms with E-state index in [1.165, 1.54) is 19.3 Å². The summed E-state index contributed by atoms with van der Waals surface area (Å²) in [5.74, 6) is 0.443. The second-order valence-electron chi connectivity index (χ2n) is 8.01. The predicted octanol–water partition coefficient (Wildman–Crippen LogP) is 4.22. The first kappa shape index (κ1) is 18.1. The van der Waals surface area contributed by atoms with Crippen molar-refractivity contribution in [3.8, 4) is 0 Å². The number of para-hydroxylation sites is 1. The van der Waals surface area contributed by atoms with Crippen LogP contribution in [0, 0.1) is 0 Å². The van der Waals surface area contributed by atoms with Crippen LogP contribution in [0.3, 0.4) is 0 Å². The summed E-state index contributed by atoms with van der Waals surface area (Å²) in [6.45, 7) is 4.91. The highest BCUT2D eigenvalue weighted by Gasteiger charge is 2.49. The zero-order valence-electron chi connectivity index (χ0n) is 16.2. The maximum Gasteiger partial charge on any atom is 0.289 e. The van der Waals surface area contributed by atoms with E-state index >= 15 is 0 Å². The second kappa shape index (κ2) is 7.02. The number of furan rings is 1. The van der Waals surface area contributed by atoms with Gasteiger partial charge in [0.15, 0.2) is 5.76 Å². The topological polar surface area (TPSA) is 53.8 Å². The number of carbonyl (C=O) groups is 2. The number of fused-ring (bicyclic) bond motifs is 1. The van der Waals surface area contributed by atoms with Crippen LogP contribution < -0.4 is 0 Å². The average molecular weight is 368 g/mol. The molecule has 2 fully saturated rings. The minimum Gasteiger partial charge on any atom is -0.451 e. The Bertz CT molecular complexity index is 817. The summed E-state index contributed by atoms with van der Waals surface area (Å²) in [6.07, 6.45) is 6.57. The molecule has 0 bridgehead atoms. The first-order valence-electron chi connectivity index (χ1n) is 10.1. The molecule has 1 aliphatic heterocycles. The van der Waals surface area contributed by atoms with Gasteiger partial charge in [-0.3, -0.25) is 9.59 Å².